The largest absolute Gasteiger partial charge is 0.508 e. The molecule has 112 valence electrons. The lowest BCUT2D eigenvalue weighted by atomic mass is 10.0. The van der Waals surface area contributed by atoms with Gasteiger partial charge in [-0.15, -0.1) is 0 Å². The number of hydrogen-bond donors (Lipinski definition) is 2. The average Bonchev–Trinajstić information content (AvgIpc) is 2.45. The summed E-state index contributed by atoms with van der Waals surface area (Å²) < 4.78 is 39.0. The van der Waals surface area contributed by atoms with Crippen molar-refractivity contribution < 1.29 is 18.3 Å². The van der Waals surface area contributed by atoms with Crippen molar-refractivity contribution in [1.29, 1.82) is 0 Å². The highest BCUT2D eigenvalue weighted by atomic mass is 19.4. The van der Waals surface area contributed by atoms with Crippen LogP contribution in [0.2, 0.25) is 0 Å². The molecule has 0 heterocycles. The first-order valence-electron chi connectivity index (χ1n) is 6.64. The molecule has 0 amide bonds. The molecule has 0 fully saturated rings. The SMILES string of the molecule is CCC(Nc1ccccc1C(F)(F)F)c1ccccc1O. The van der Waals surface area contributed by atoms with Crippen molar-refractivity contribution in [3.05, 3.63) is 59.7 Å². The van der Waals surface area contributed by atoms with Crippen LogP contribution in [0.5, 0.6) is 5.75 Å². The molecule has 0 bridgehead atoms. The Balaban J connectivity index is 2.34. The topological polar surface area (TPSA) is 32.3 Å². The molecule has 0 saturated carbocycles. The third kappa shape index (κ3) is 3.48. The van der Waals surface area contributed by atoms with Gasteiger partial charge < -0.3 is 10.4 Å². The molecule has 0 aliphatic carbocycles. The van der Waals surface area contributed by atoms with Crippen molar-refractivity contribution in [2.45, 2.75) is 25.6 Å². The van der Waals surface area contributed by atoms with Crippen LogP contribution < -0.4 is 5.32 Å². The maximum Gasteiger partial charge on any atom is 0.418 e. The van der Waals surface area contributed by atoms with Gasteiger partial charge in [-0.3, -0.25) is 0 Å². The minimum Gasteiger partial charge on any atom is -0.508 e. The van der Waals surface area contributed by atoms with E-state index in [1.54, 1.807) is 24.3 Å². The molecule has 0 spiro atoms. The number of anilines is 1. The van der Waals surface area contributed by atoms with Gasteiger partial charge in [-0.2, -0.15) is 13.2 Å². The number of nitrogens with one attached hydrogen (secondary N) is 1. The van der Waals surface area contributed by atoms with E-state index >= 15 is 0 Å². The number of benzene rings is 2. The standard InChI is InChI=1S/C16H16F3NO/c1-2-13(11-7-3-6-10-15(11)21)20-14-9-5-4-8-12(14)16(17,18)19/h3-10,13,20-21H,2H2,1H3. The first-order valence-corrected chi connectivity index (χ1v) is 6.64. The fraction of sp³-hybridized carbons (Fsp3) is 0.250. The molecule has 2 aromatic rings. The first-order chi connectivity index (χ1) is 9.93. The zero-order chi connectivity index (χ0) is 15.5. The molecular weight excluding hydrogens is 279 g/mol. The minimum absolute atomic E-state index is 0.0140. The van der Waals surface area contributed by atoms with E-state index < -0.39 is 17.8 Å². The Morgan fingerprint density at radius 2 is 1.67 bits per heavy atom. The number of para-hydroxylation sites is 2. The summed E-state index contributed by atoms with van der Waals surface area (Å²) in [5.41, 5.74) is -0.115. The van der Waals surface area contributed by atoms with E-state index in [0.29, 0.717) is 12.0 Å². The highest BCUT2D eigenvalue weighted by molar-refractivity contribution is 5.54. The molecule has 0 aromatic heterocycles. The molecule has 1 unspecified atom stereocenters. The molecule has 2 rings (SSSR count). The van der Waals surface area contributed by atoms with Gasteiger partial charge in [0, 0.05) is 11.3 Å². The first kappa shape index (κ1) is 15.2. The Morgan fingerprint density at radius 1 is 1.05 bits per heavy atom. The van der Waals surface area contributed by atoms with Gasteiger partial charge >= 0.3 is 6.18 Å². The summed E-state index contributed by atoms with van der Waals surface area (Å²) in [4.78, 5) is 0. The number of aromatic hydroxyl groups is 1. The lowest BCUT2D eigenvalue weighted by Crippen LogP contribution is -2.15. The van der Waals surface area contributed by atoms with Crippen molar-refractivity contribution >= 4 is 5.69 Å². The Hall–Kier alpha value is -2.17. The number of hydrogen-bond acceptors (Lipinski definition) is 2. The molecular formula is C16H16F3NO. The second kappa shape index (κ2) is 6.08. The molecule has 1 atom stereocenters. The van der Waals surface area contributed by atoms with E-state index in [9.17, 15) is 18.3 Å². The molecule has 2 N–H and O–H groups in total. The minimum atomic E-state index is -4.42. The third-order valence-electron chi connectivity index (χ3n) is 3.28. The van der Waals surface area contributed by atoms with Crippen molar-refractivity contribution in [2.24, 2.45) is 0 Å². The summed E-state index contributed by atoms with van der Waals surface area (Å²) in [6.45, 7) is 1.85. The normalized spacial score (nSPS) is 13.0. The summed E-state index contributed by atoms with van der Waals surface area (Å²) in [5, 5.41) is 12.7. The van der Waals surface area contributed by atoms with Gasteiger partial charge in [-0.25, -0.2) is 0 Å². The van der Waals surface area contributed by atoms with E-state index in [0.717, 1.165) is 6.07 Å². The van der Waals surface area contributed by atoms with Crippen LogP contribution in [0.1, 0.15) is 30.5 Å². The molecule has 0 aliphatic rings. The number of halogens is 3. The van der Waals surface area contributed by atoms with Gasteiger partial charge in [-0.1, -0.05) is 37.3 Å². The lowest BCUT2D eigenvalue weighted by Gasteiger charge is -2.22. The fourth-order valence-electron chi connectivity index (χ4n) is 2.23. The van der Waals surface area contributed by atoms with E-state index in [4.69, 9.17) is 0 Å². The van der Waals surface area contributed by atoms with E-state index in [1.165, 1.54) is 18.2 Å². The van der Waals surface area contributed by atoms with Crippen LogP contribution >= 0.6 is 0 Å². The number of phenols is 1. The van der Waals surface area contributed by atoms with Crippen LogP contribution in [-0.2, 0) is 6.18 Å². The van der Waals surface area contributed by atoms with Gasteiger partial charge in [0.2, 0.25) is 0 Å². The molecule has 5 heteroatoms. The summed E-state index contributed by atoms with van der Waals surface area (Å²) in [7, 11) is 0. The zero-order valence-corrected chi connectivity index (χ0v) is 11.5. The fourth-order valence-corrected chi connectivity index (χ4v) is 2.23. The summed E-state index contributed by atoms with van der Waals surface area (Å²) in [6.07, 6.45) is -3.87. The Labute approximate surface area is 121 Å². The summed E-state index contributed by atoms with van der Waals surface area (Å²) in [6, 6.07) is 11.6. The highest BCUT2D eigenvalue weighted by Gasteiger charge is 2.33. The average molecular weight is 295 g/mol. The van der Waals surface area contributed by atoms with Crippen LogP contribution in [0.15, 0.2) is 48.5 Å². The molecule has 2 aromatic carbocycles. The smallest absolute Gasteiger partial charge is 0.418 e. The third-order valence-corrected chi connectivity index (χ3v) is 3.28. The number of rotatable bonds is 4. The van der Waals surface area contributed by atoms with E-state index in [-0.39, 0.29) is 11.4 Å². The van der Waals surface area contributed by atoms with Gasteiger partial charge in [-0.05, 0) is 24.6 Å². The molecule has 2 nitrogen and oxygen atoms in total. The lowest BCUT2D eigenvalue weighted by molar-refractivity contribution is -0.137. The highest BCUT2D eigenvalue weighted by Crippen LogP contribution is 2.37. The van der Waals surface area contributed by atoms with Crippen LogP contribution in [0, 0.1) is 0 Å². The van der Waals surface area contributed by atoms with Crippen LogP contribution in [0.25, 0.3) is 0 Å². The molecule has 0 saturated heterocycles. The predicted octanol–water partition coefficient (Wildman–Crippen LogP) is 4.97. The zero-order valence-electron chi connectivity index (χ0n) is 11.5. The van der Waals surface area contributed by atoms with Crippen LogP contribution in [0.4, 0.5) is 18.9 Å². The summed E-state index contributed by atoms with van der Waals surface area (Å²) in [5.74, 6) is 0.0707. The quantitative estimate of drug-likeness (QED) is 0.834. The second-order valence-electron chi connectivity index (χ2n) is 4.71. The molecule has 0 radical (unpaired) electrons. The van der Waals surface area contributed by atoms with E-state index in [2.05, 4.69) is 5.32 Å². The summed E-state index contributed by atoms with van der Waals surface area (Å²) >= 11 is 0. The van der Waals surface area contributed by atoms with Crippen molar-refractivity contribution in [2.75, 3.05) is 5.32 Å². The Bertz CT molecular complexity index is 610. The Morgan fingerprint density at radius 3 is 2.29 bits per heavy atom. The maximum atomic E-state index is 13.0. The predicted molar refractivity (Wildman–Crippen MR) is 76.2 cm³/mol. The Kier molecular flexibility index (Phi) is 4.40. The van der Waals surface area contributed by atoms with Gasteiger partial charge in [0.05, 0.1) is 11.6 Å². The molecule has 0 aliphatic heterocycles. The van der Waals surface area contributed by atoms with Gasteiger partial charge in [0.1, 0.15) is 5.75 Å². The maximum absolute atomic E-state index is 13.0. The van der Waals surface area contributed by atoms with Crippen molar-refractivity contribution in [3.63, 3.8) is 0 Å². The van der Waals surface area contributed by atoms with Crippen molar-refractivity contribution in [3.8, 4) is 5.75 Å². The monoisotopic (exact) mass is 295 g/mol. The van der Waals surface area contributed by atoms with Gasteiger partial charge in [0.15, 0.2) is 0 Å². The second-order valence-corrected chi connectivity index (χ2v) is 4.71. The number of phenolic OH excluding ortho intramolecular Hbond substituents is 1. The van der Waals surface area contributed by atoms with E-state index in [1.807, 2.05) is 6.92 Å². The van der Waals surface area contributed by atoms with Crippen LogP contribution in [-0.4, -0.2) is 5.11 Å². The number of alkyl halides is 3. The van der Waals surface area contributed by atoms with Crippen LogP contribution in [0.3, 0.4) is 0 Å². The molecule has 21 heavy (non-hydrogen) atoms. The van der Waals surface area contributed by atoms with Crippen molar-refractivity contribution in [1.82, 2.24) is 0 Å². The van der Waals surface area contributed by atoms with Gasteiger partial charge in [0.25, 0.3) is 0 Å².